The average molecular weight is 318 g/mol. The monoisotopic (exact) mass is 317 g/mol. The molecule has 0 bridgehead atoms. The molecular weight excluding hydrogens is 301 g/mol. The highest BCUT2D eigenvalue weighted by Crippen LogP contribution is 2.31. The van der Waals surface area contributed by atoms with Crippen LogP contribution in [0, 0.1) is 11.7 Å². The van der Waals surface area contributed by atoms with E-state index in [2.05, 4.69) is 0 Å². The molecule has 20 heavy (non-hydrogen) atoms. The number of amides is 1. The summed E-state index contributed by atoms with van der Waals surface area (Å²) in [5, 5.41) is 8.95. The van der Waals surface area contributed by atoms with Gasteiger partial charge in [-0.2, -0.15) is 0 Å². The van der Waals surface area contributed by atoms with E-state index >= 15 is 0 Å². The maximum absolute atomic E-state index is 13.5. The third-order valence-electron chi connectivity index (χ3n) is 3.26. The Labute approximate surface area is 127 Å². The highest BCUT2D eigenvalue weighted by Gasteiger charge is 2.33. The number of nitrogens with zero attached hydrogens (tertiary/aromatic N) is 1. The molecule has 1 fully saturated rings. The Kier molecular flexibility index (Phi) is 5.29. The van der Waals surface area contributed by atoms with Gasteiger partial charge < -0.3 is 10.0 Å². The molecule has 1 heterocycles. The molecule has 6 heteroatoms. The summed E-state index contributed by atoms with van der Waals surface area (Å²) in [5.74, 6) is 0.411. The molecule has 1 aliphatic rings. The summed E-state index contributed by atoms with van der Waals surface area (Å²) >= 11 is 7.21. The highest BCUT2D eigenvalue weighted by molar-refractivity contribution is 8.00. The first kappa shape index (κ1) is 15.6. The fourth-order valence-electron chi connectivity index (χ4n) is 2.05. The van der Waals surface area contributed by atoms with Crippen LogP contribution >= 0.6 is 23.4 Å². The summed E-state index contributed by atoms with van der Waals surface area (Å²) in [6.07, 6.45) is 0.742. The van der Waals surface area contributed by atoms with Gasteiger partial charge in [0.25, 0.3) is 0 Å². The minimum Gasteiger partial charge on any atom is -0.396 e. The Morgan fingerprint density at radius 1 is 1.60 bits per heavy atom. The van der Waals surface area contributed by atoms with Crippen LogP contribution in [0.15, 0.2) is 18.2 Å². The lowest BCUT2D eigenvalue weighted by Crippen LogP contribution is -2.28. The Morgan fingerprint density at radius 3 is 3.00 bits per heavy atom. The van der Waals surface area contributed by atoms with E-state index in [1.54, 1.807) is 22.7 Å². The normalized spacial score (nSPS) is 20.5. The van der Waals surface area contributed by atoms with Crippen LogP contribution in [0.1, 0.15) is 13.3 Å². The lowest BCUT2D eigenvalue weighted by Gasteiger charge is -2.17. The molecule has 3 nitrogen and oxygen atoms in total. The summed E-state index contributed by atoms with van der Waals surface area (Å²) in [5.41, 5.74) is 0.551. The predicted octanol–water partition coefficient (Wildman–Crippen LogP) is 2.95. The van der Waals surface area contributed by atoms with Crippen LogP contribution in [0.5, 0.6) is 0 Å². The van der Waals surface area contributed by atoms with Gasteiger partial charge in [-0.3, -0.25) is 4.79 Å². The van der Waals surface area contributed by atoms with Crippen molar-refractivity contribution >= 4 is 35.0 Å². The lowest BCUT2D eigenvalue weighted by atomic mass is 10.2. The Morgan fingerprint density at radius 2 is 2.35 bits per heavy atom. The predicted molar refractivity (Wildman–Crippen MR) is 80.9 cm³/mol. The van der Waals surface area contributed by atoms with Crippen LogP contribution in [0.2, 0.25) is 5.02 Å². The van der Waals surface area contributed by atoms with Crippen LogP contribution in [-0.2, 0) is 4.79 Å². The van der Waals surface area contributed by atoms with Crippen molar-refractivity contribution in [2.24, 2.45) is 5.92 Å². The van der Waals surface area contributed by atoms with Gasteiger partial charge in [-0.1, -0.05) is 18.5 Å². The second kappa shape index (κ2) is 6.78. The van der Waals surface area contributed by atoms with Crippen molar-refractivity contribution in [3.8, 4) is 0 Å². The van der Waals surface area contributed by atoms with Crippen LogP contribution in [0.25, 0.3) is 0 Å². The fourth-order valence-corrected chi connectivity index (χ4v) is 3.38. The molecule has 1 aliphatic heterocycles. The molecule has 0 spiro atoms. The number of halogens is 2. The van der Waals surface area contributed by atoms with Crippen molar-refractivity contribution in [3.63, 3.8) is 0 Å². The van der Waals surface area contributed by atoms with E-state index in [-0.39, 0.29) is 28.7 Å². The van der Waals surface area contributed by atoms with Gasteiger partial charge in [0.1, 0.15) is 5.82 Å². The topological polar surface area (TPSA) is 40.5 Å². The summed E-state index contributed by atoms with van der Waals surface area (Å²) < 4.78 is 13.5. The van der Waals surface area contributed by atoms with E-state index in [0.717, 1.165) is 12.2 Å². The largest absolute Gasteiger partial charge is 0.396 e. The molecule has 0 aliphatic carbocycles. The summed E-state index contributed by atoms with van der Waals surface area (Å²) in [7, 11) is 0. The van der Waals surface area contributed by atoms with Crippen LogP contribution in [-0.4, -0.2) is 35.2 Å². The van der Waals surface area contributed by atoms with Crippen molar-refractivity contribution in [3.05, 3.63) is 29.0 Å². The molecule has 2 atom stereocenters. The number of carbonyl (C=O) groups excluding carboxylic acids is 1. The van der Waals surface area contributed by atoms with Crippen LogP contribution < -0.4 is 4.90 Å². The van der Waals surface area contributed by atoms with Crippen molar-refractivity contribution in [1.29, 1.82) is 0 Å². The number of benzene rings is 1. The van der Waals surface area contributed by atoms with E-state index in [9.17, 15) is 9.18 Å². The molecule has 110 valence electrons. The van der Waals surface area contributed by atoms with Gasteiger partial charge in [0, 0.05) is 18.8 Å². The molecule has 1 saturated heterocycles. The highest BCUT2D eigenvalue weighted by atomic mass is 35.5. The zero-order valence-corrected chi connectivity index (χ0v) is 12.8. The molecule has 1 amide bonds. The van der Waals surface area contributed by atoms with Gasteiger partial charge in [-0.05, 0) is 36.3 Å². The number of hydrogen-bond acceptors (Lipinski definition) is 3. The van der Waals surface area contributed by atoms with Gasteiger partial charge in [0.05, 0.1) is 10.3 Å². The van der Waals surface area contributed by atoms with E-state index in [4.69, 9.17) is 16.7 Å². The number of hydrogen-bond donors (Lipinski definition) is 1. The number of anilines is 1. The number of thioether (sulfide) groups is 1. The molecule has 2 rings (SSSR count). The summed E-state index contributed by atoms with van der Waals surface area (Å²) in [4.78, 5) is 13.9. The van der Waals surface area contributed by atoms with Gasteiger partial charge in [-0.15, -0.1) is 11.8 Å². The number of aliphatic hydroxyl groups excluding tert-OH is 1. The molecule has 1 N–H and O–H groups in total. The number of aliphatic hydroxyl groups is 1. The summed E-state index contributed by atoms with van der Waals surface area (Å²) in [6.45, 7) is 2.66. The summed E-state index contributed by atoms with van der Waals surface area (Å²) in [6, 6.07) is 4.42. The second-order valence-corrected chi connectivity index (χ2v) is 6.63. The van der Waals surface area contributed by atoms with Crippen molar-refractivity contribution in [2.75, 3.05) is 23.8 Å². The second-order valence-electron chi connectivity index (χ2n) is 4.99. The van der Waals surface area contributed by atoms with Crippen molar-refractivity contribution < 1.29 is 14.3 Å². The van der Waals surface area contributed by atoms with Crippen molar-refractivity contribution in [1.82, 2.24) is 0 Å². The van der Waals surface area contributed by atoms with Crippen LogP contribution in [0.3, 0.4) is 0 Å². The molecular formula is C14H17ClFNO2S. The first-order valence-electron chi connectivity index (χ1n) is 6.51. The first-order chi connectivity index (χ1) is 9.52. The first-order valence-corrected chi connectivity index (χ1v) is 7.94. The van der Waals surface area contributed by atoms with E-state index < -0.39 is 5.82 Å². The fraction of sp³-hybridized carbons (Fsp3) is 0.500. The molecule has 0 saturated carbocycles. The zero-order chi connectivity index (χ0) is 14.7. The average Bonchev–Trinajstić information content (AvgIpc) is 2.80. The maximum Gasteiger partial charge on any atom is 0.240 e. The quantitative estimate of drug-likeness (QED) is 0.907. The molecule has 1 aromatic carbocycles. The van der Waals surface area contributed by atoms with Gasteiger partial charge in [0.15, 0.2) is 0 Å². The Bertz CT molecular complexity index is 500. The van der Waals surface area contributed by atoms with E-state index in [1.165, 1.54) is 12.1 Å². The molecule has 1 aromatic rings. The van der Waals surface area contributed by atoms with Gasteiger partial charge in [0.2, 0.25) is 5.91 Å². The Balaban J connectivity index is 2.01. The van der Waals surface area contributed by atoms with Gasteiger partial charge in [-0.25, -0.2) is 4.39 Å². The van der Waals surface area contributed by atoms with E-state index in [0.29, 0.717) is 12.2 Å². The SMILES string of the molecule is CC(CO)CSC1CCN(c2ccc(Cl)c(F)c2)C1=O. The van der Waals surface area contributed by atoms with Crippen LogP contribution in [0.4, 0.5) is 10.1 Å². The molecule has 0 radical (unpaired) electrons. The Hall–Kier alpha value is -0.780. The minimum absolute atomic E-state index is 0.00172. The minimum atomic E-state index is -0.512. The number of carbonyl (C=O) groups is 1. The molecule has 2 unspecified atom stereocenters. The maximum atomic E-state index is 13.5. The van der Waals surface area contributed by atoms with E-state index in [1.807, 2.05) is 6.92 Å². The van der Waals surface area contributed by atoms with Gasteiger partial charge >= 0.3 is 0 Å². The standard InChI is InChI=1S/C14H17ClFNO2S/c1-9(7-18)8-20-13-4-5-17(14(13)19)10-2-3-11(15)12(16)6-10/h2-3,6,9,13,18H,4-5,7-8H2,1H3. The third-order valence-corrected chi connectivity index (χ3v) is 5.17. The smallest absolute Gasteiger partial charge is 0.240 e. The molecule has 0 aromatic heterocycles. The lowest BCUT2D eigenvalue weighted by molar-refractivity contribution is -0.116. The third kappa shape index (κ3) is 3.45. The number of rotatable bonds is 5. The zero-order valence-electron chi connectivity index (χ0n) is 11.2. The van der Waals surface area contributed by atoms with Crippen molar-refractivity contribution in [2.45, 2.75) is 18.6 Å².